The van der Waals surface area contributed by atoms with Crippen molar-refractivity contribution in [1.82, 2.24) is 29.5 Å². The summed E-state index contributed by atoms with van der Waals surface area (Å²) in [6.07, 6.45) is 4.05. The number of rotatable bonds is 6. The van der Waals surface area contributed by atoms with Crippen molar-refractivity contribution in [1.29, 1.82) is 0 Å². The second kappa shape index (κ2) is 10.3. The summed E-state index contributed by atoms with van der Waals surface area (Å²) in [5, 5.41) is 6.44. The molecular formula is C29H35N7O3. The lowest BCUT2D eigenvalue weighted by molar-refractivity contribution is -0.119. The third-order valence-electron chi connectivity index (χ3n) is 8.15. The molecule has 2 amide bonds. The number of carbonyl (C=O) groups excluding carboxylic acids is 2. The van der Waals surface area contributed by atoms with Crippen LogP contribution in [0.5, 0.6) is 0 Å². The molecule has 10 nitrogen and oxygen atoms in total. The van der Waals surface area contributed by atoms with E-state index in [-0.39, 0.29) is 28.8 Å². The van der Waals surface area contributed by atoms with Crippen LogP contribution in [0.1, 0.15) is 43.0 Å². The Balaban J connectivity index is 1.42. The molecule has 39 heavy (non-hydrogen) atoms. The Morgan fingerprint density at radius 1 is 1.00 bits per heavy atom. The molecule has 0 unspecified atom stereocenters. The number of pyridine rings is 2. The van der Waals surface area contributed by atoms with Gasteiger partial charge in [0.25, 0.3) is 5.91 Å². The van der Waals surface area contributed by atoms with E-state index in [1.54, 1.807) is 13.0 Å². The van der Waals surface area contributed by atoms with Gasteiger partial charge in [-0.3, -0.25) is 18.8 Å². The highest BCUT2D eigenvalue weighted by Crippen LogP contribution is 2.27. The van der Waals surface area contributed by atoms with Crippen molar-refractivity contribution in [3.05, 3.63) is 52.2 Å². The van der Waals surface area contributed by atoms with Crippen LogP contribution in [-0.2, 0) is 11.8 Å². The van der Waals surface area contributed by atoms with Gasteiger partial charge in [-0.15, -0.1) is 0 Å². The number of anilines is 1. The number of nitrogens with one attached hydrogen (secondary N) is 2. The molecule has 5 heterocycles. The fourth-order valence-electron chi connectivity index (χ4n) is 6.17. The Hall–Kier alpha value is -3.92. The highest BCUT2D eigenvalue weighted by Gasteiger charge is 2.26. The van der Waals surface area contributed by atoms with E-state index in [2.05, 4.69) is 20.4 Å². The summed E-state index contributed by atoms with van der Waals surface area (Å²) in [5.41, 5.74) is 2.73. The van der Waals surface area contributed by atoms with E-state index in [1.165, 1.54) is 12.8 Å². The Kier molecular flexibility index (Phi) is 6.72. The fourth-order valence-corrected chi connectivity index (χ4v) is 6.17. The number of fused-ring (bicyclic) bond motifs is 5. The Morgan fingerprint density at radius 3 is 2.44 bits per heavy atom. The minimum absolute atomic E-state index is 0.00844. The van der Waals surface area contributed by atoms with Gasteiger partial charge in [-0.25, -0.2) is 4.98 Å². The molecule has 2 aliphatic heterocycles. The molecular weight excluding hydrogens is 494 g/mol. The predicted octanol–water partition coefficient (Wildman–Crippen LogP) is 2.27. The smallest absolute Gasteiger partial charge is 0.259 e. The molecule has 10 heteroatoms. The minimum atomic E-state index is -0.353. The number of imidazole rings is 1. The van der Waals surface area contributed by atoms with Crippen LogP contribution in [0, 0.1) is 0 Å². The number of aryl methyl sites for hydroxylation is 1. The van der Waals surface area contributed by atoms with Crippen molar-refractivity contribution in [2.75, 3.05) is 44.2 Å². The van der Waals surface area contributed by atoms with Crippen LogP contribution in [-0.4, -0.2) is 76.0 Å². The van der Waals surface area contributed by atoms with Gasteiger partial charge in [-0.05, 0) is 63.0 Å². The van der Waals surface area contributed by atoms with E-state index >= 15 is 0 Å². The van der Waals surface area contributed by atoms with Gasteiger partial charge in [-0.1, -0.05) is 12.1 Å². The average molecular weight is 530 g/mol. The molecule has 0 saturated carbocycles. The first-order valence-corrected chi connectivity index (χ1v) is 13.9. The van der Waals surface area contributed by atoms with Crippen LogP contribution in [0.3, 0.4) is 0 Å². The monoisotopic (exact) mass is 529 g/mol. The van der Waals surface area contributed by atoms with Crippen LogP contribution >= 0.6 is 0 Å². The van der Waals surface area contributed by atoms with Crippen molar-refractivity contribution < 1.29 is 9.59 Å². The summed E-state index contributed by atoms with van der Waals surface area (Å²) >= 11 is 0. The number of amides is 2. The lowest BCUT2D eigenvalue weighted by atomic mass is 10.0. The zero-order valence-corrected chi connectivity index (χ0v) is 22.6. The highest BCUT2D eigenvalue weighted by atomic mass is 16.2. The third kappa shape index (κ3) is 4.63. The number of para-hydroxylation sites is 2. The number of piperidine rings is 1. The topological polar surface area (TPSA) is 104 Å². The standard InChI is InChI=1S/C29H35N7O3/c1-19(37)31-20-11-16-35(17-12-20)24-10-9-21-26(38)25(28(39)30-13-18-34-14-5-6-15-34)29-33(2)22-7-3-4-8-23(22)36(29)27(21)32-24/h3-4,7-10,20H,5-6,11-18H2,1-2H3,(H,30,39)(H,31,37). The number of hydrogen-bond acceptors (Lipinski definition) is 6. The second-order valence-corrected chi connectivity index (χ2v) is 10.7. The van der Waals surface area contributed by atoms with Gasteiger partial charge in [-0.2, -0.15) is 0 Å². The lowest BCUT2D eigenvalue weighted by Gasteiger charge is -2.33. The van der Waals surface area contributed by atoms with Gasteiger partial charge in [0.1, 0.15) is 17.0 Å². The SMILES string of the molecule is CC(=O)NC1CCN(c2ccc3c(=O)c(C(=O)NCCN4CCCC4)c4n(C)c5ccccc5n4c3n2)CC1. The predicted molar refractivity (Wildman–Crippen MR) is 153 cm³/mol. The summed E-state index contributed by atoms with van der Waals surface area (Å²) < 4.78 is 3.87. The van der Waals surface area contributed by atoms with Crippen molar-refractivity contribution in [3.63, 3.8) is 0 Å². The fraction of sp³-hybridized carbons (Fsp3) is 0.448. The minimum Gasteiger partial charge on any atom is -0.356 e. The van der Waals surface area contributed by atoms with Crippen LogP contribution < -0.4 is 21.0 Å². The summed E-state index contributed by atoms with van der Waals surface area (Å²) in [4.78, 5) is 48.4. The Morgan fingerprint density at radius 2 is 1.72 bits per heavy atom. The van der Waals surface area contributed by atoms with Crippen molar-refractivity contribution in [2.24, 2.45) is 7.05 Å². The maximum Gasteiger partial charge on any atom is 0.259 e. The molecule has 0 atom stereocenters. The van der Waals surface area contributed by atoms with Crippen LogP contribution in [0.4, 0.5) is 5.82 Å². The molecule has 2 N–H and O–H groups in total. The maximum atomic E-state index is 13.9. The van der Waals surface area contributed by atoms with Gasteiger partial charge in [0.2, 0.25) is 11.3 Å². The summed E-state index contributed by atoms with van der Waals surface area (Å²) in [7, 11) is 1.89. The zero-order valence-electron chi connectivity index (χ0n) is 22.6. The van der Waals surface area contributed by atoms with Crippen LogP contribution in [0.2, 0.25) is 0 Å². The number of benzene rings is 1. The largest absolute Gasteiger partial charge is 0.356 e. The van der Waals surface area contributed by atoms with E-state index in [1.807, 2.05) is 46.3 Å². The number of likely N-dealkylation sites (tertiary alicyclic amines) is 1. The molecule has 0 aliphatic carbocycles. The van der Waals surface area contributed by atoms with Gasteiger partial charge in [0.15, 0.2) is 5.65 Å². The van der Waals surface area contributed by atoms with Crippen molar-refractivity contribution in [3.8, 4) is 0 Å². The van der Waals surface area contributed by atoms with Crippen molar-refractivity contribution in [2.45, 2.75) is 38.6 Å². The lowest BCUT2D eigenvalue weighted by Crippen LogP contribution is -2.44. The first kappa shape index (κ1) is 25.4. The maximum absolute atomic E-state index is 13.9. The molecule has 0 bridgehead atoms. The van der Waals surface area contributed by atoms with Gasteiger partial charge in [0.05, 0.1) is 16.4 Å². The molecule has 2 fully saturated rings. The Labute approximate surface area is 226 Å². The van der Waals surface area contributed by atoms with Gasteiger partial charge >= 0.3 is 0 Å². The first-order chi connectivity index (χ1) is 18.9. The molecule has 2 saturated heterocycles. The van der Waals surface area contributed by atoms with E-state index in [9.17, 15) is 14.4 Å². The normalized spacial score (nSPS) is 16.9. The van der Waals surface area contributed by atoms with E-state index in [0.717, 1.165) is 62.4 Å². The molecule has 3 aromatic heterocycles. The summed E-state index contributed by atoms with van der Waals surface area (Å²) in [5.74, 6) is 0.423. The Bertz CT molecular complexity index is 1630. The molecule has 0 radical (unpaired) electrons. The quantitative estimate of drug-likeness (QED) is 0.397. The second-order valence-electron chi connectivity index (χ2n) is 10.7. The van der Waals surface area contributed by atoms with Crippen LogP contribution in [0.15, 0.2) is 41.2 Å². The number of hydrogen-bond donors (Lipinski definition) is 2. The average Bonchev–Trinajstić information content (AvgIpc) is 3.55. The molecule has 1 aromatic carbocycles. The van der Waals surface area contributed by atoms with Crippen LogP contribution in [0.25, 0.3) is 27.7 Å². The summed E-state index contributed by atoms with van der Waals surface area (Å²) in [6.45, 7) is 6.46. The third-order valence-corrected chi connectivity index (χ3v) is 8.15. The van der Waals surface area contributed by atoms with E-state index in [0.29, 0.717) is 23.2 Å². The highest BCUT2D eigenvalue weighted by molar-refractivity contribution is 6.05. The summed E-state index contributed by atoms with van der Waals surface area (Å²) in [6, 6.07) is 11.7. The van der Waals surface area contributed by atoms with E-state index in [4.69, 9.17) is 4.98 Å². The first-order valence-electron chi connectivity index (χ1n) is 13.9. The number of nitrogens with zero attached hydrogens (tertiary/aromatic N) is 5. The van der Waals surface area contributed by atoms with Gasteiger partial charge in [0, 0.05) is 46.2 Å². The molecule has 4 aromatic rings. The number of aromatic nitrogens is 3. The number of carbonyl (C=O) groups is 2. The molecule has 204 valence electrons. The zero-order chi connectivity index (χ0) is 27.1. The molecule has 6 rings (SSSR count). The van der Waals surface area contributed by atoms with E-state index < -0.39 is 0 Å². The van der Waals surface area contributed by atoms with Crippen molar-refractivity contribution >= 4 is 45.3 Å². The molecule has 0 spiro atoms. The molecule has 2 aliphatic rings. The van der Waals surface area contributed by atoms with Gasteiger partial charge < -0.3 is 25.0 Å².